The third-order valence-corrected chi connectivity index (χ3v) is 4.05. The molecule has 3 rings (SSSR count). The molecule has 0 unspecified atom stereocenters. The average Bonchev–Trinajstić information content (AvgIpc) is 2.65. The fourth-order valence-electron chi connectivity index (χ4n) is 2.49. The molecule has 0 aliphatic rings. The number of aromatic nitrogens is 1. The molecule has 0 bridgehead atoms. The van der Waals surface area contributed by atoms with Gasteiger partial charge in [0.05, 0.1) is 29.1 Å². The second kappa shape index (κ2) is 7.49. The van der Waals surface area contributed by atoms with Crippen molar-refractivity contribution in [3.05, 3.63) is 83.2 Å². The first-order valence-electron chi connectivity index (χ1n) is 8.16. The Morgan fingerprint density at radius 3 is 2.58 bits per heavy atom. The third kappa shape index (κ3) is 4.05. The summed E-state index contributed by atoms with van der Waals surface area (Å²) in [4.78, 5) is 16.6. The van der Waals surface area contributed by atoms with Crippen LogP contribution in [0, 0.1) is 25.2 Å². The van der Waals surface area contributed by atoms with Crippen LogP contribution < -0.4 is 10.6 Å². The molecule has 1 heterocycles. The summed E-state index contributed by atoms with van der Waals surface area (Å²) in [6.45, 7) is 4.12. The van der Waals surface area contributed by atoms with Gasteiger partial charge in [0.25, 0.3) is 5.91 Å². The molecule has 0 atom stereocenters. The van der Waals surface area contributed by atoms with Crippen LogP contribution in [-0.4, -0.2) is 10.9 Å². The van der Waals surface area contributed by atoms with Crippen LogP contribution in [0.15, 0.2) is 60.9 Å². The maximum atomic E-state index is 12.5. The van der Waals surface area contributed by atoms with Gasteiger partial charge in [-0.05, 0) is 61.4 Å². The van der Waals surface area contributed by atoms with Crippen LogP contribution in [0.2, 0.25) is 0 Å². The number of carbonyl (C=O) groups is 1. The minimum atomic E-state index is -0.281. The van der Waals surface area contributed by atoms with E-state index in [9.17, 15) is 4.79 Å². The number of amides is 1. The highest BCUT2D eigenvalue weighted by atomic mass is 16.1. The van der Waals surface area contributed by atoms with Crippen LogP contribution >= 0.6 is 0 Å². The highest BCUT2D eigenvalue weighted by Crippen LogP contribution is 2.20. The topological polar surface area (TPSA) is 77.8 Å². The average molecular weight is 342 g/mol. The van der Waals surface area contributed by atoms with Gasteiger partial charge in [-0.1, -0.05) is 12.1 Å². The molecule has 128 valence electrons. The summed E-state index contributed by atoms with van der Waals surface area (Å²) in [7, 11) is 0. The predicted molar refractivity (Wildman–Crippen MR) is 103 cm³/mol. The minimum Gasteiger partial charge on any atom is -0.354 e. The second-order valence-corrected chi connectivity index (χ2v) is 6.03. The number of pyridine rings is 1. The summed E-state index contributed by atoms with van der Waals surface area (Å²) in [5.74, 6) is -0.281. The monoisotopic (exact) mass is 342 g/mol. The van der Waals surface area contributed by atoms with Crippen LogP contribution in [0.25, 0.3) is 0 Å². The van der Waals surface area contributed by atoms with E-state index >= 15 is 0 Å². The lowest BCUT2D eigenvalue weighted by Crippen LogP contribution is -2.12. The molecule has 0 radical (unpaired) electrons. The summed E-state index contributed by atoms with van der Waals surface area (Å²) in [5.41, 5.74) is 5.57. The van der Waals surface area contributed by atoms with Crippen molar-refractivity contribution in [2.45, 2.75) is 13.8 Å². The van der Waals surface area contributed by atoms with Crippen LogP contribution in [-0.2, 0) is 0 Å². The normalized spacial score (nSPS) is 10.0. The van der Waals surface area contributed by atoms with Crippen molar-refractivity contribution < 1.29 is 4.79 Å². The van der Waals surface area contributed by atoms with Crippen LogP contribution in [0.1, 0.15) is 27.0 Å². The molecule has 5 heteroatoms. The molecule has 5 nitrogen and oxygen atoms in total. The van der Waals surface area contributed by atoms with Crippen molar-refractivity contribution >= 4 is 23.0 Å². The van der Waals surface area contributed by atoms with Crippen LogP contribution in [0.5, 0.6) is 0 Å². The van der Waals surface area contributed by atoms with Gasteiger partial charge in [0.2, 0.25) is 0 Å². The Morgan fingerprint density at radius 2 is 1.81 bits per heavy atom. The zero-order chi connectivity index (χ0) is 18.5. The molecule has 2 N–H and O–H groups in total. The van der Waals surface area contributed by atoms with E-state index in [1.54, 1.807) is 36.5 Å². The molecule has 0 aliphatic carbocycles. The maximum Gasteiger partial charge on any atom is 0.257 e. The van der Waals surface area contributed by atoms with Gasteiger partial charge in [-0.2, -0.15) is 5.26 Å². The summed E-state index contributed by atoms with van der Waals surface area (Å²) in [5, 5.41) is 15.0. The Labute approximate surface area is 152 Å². The first kappa shape index (κ1) is 17.2. The fraction of sp³-hybridized carbons (Fsp3) is 0.0952. The molecule has 26 heavy (non-hydrogen) atoms. The van der Waals surface area contributed by atoms with Gasteiger partial charge >= 0.3 is 0 Å². The van der Waals surface area contributed by atoms with E-state index in [2.05, 4.69) is 41.6 Å². The van der Waals surface area contributed by atoms with Crippen molar-refractivity contribution in [2.75, 3.05) is 10.6 Å². The Kier molecular flexibility index (Phi) is 4.95. The molecule has 0 spiro atoms. The number of nitrogens with zero attached hydrogens (tertiary/aromatic N) is 2. The van der Waals surface area contributed by atoms with Gasteiger partial charge in [-0.3, -0.25) is 9.78 Å². The Bertz CT molecular complexity index is 1000. The van der Waals surface area contributed by atoms with Crippen molar-refractivity contribution in [3.8, 4) is 6.07 Å². The van der Waals surface area contributed by atoms with E-state index in [0.29, 0.717) is 16.8 Å². The van der Waals surface area contributed by atoms with E-state index < -0.39 is 0 Å². The number of nitriles is 1. The minimum absolute atomic E-state index is 0.281. The van der Waals surface area contributed by atoms with Crippen LogP contribution in [0.4, 0.5) is 17.1 Å². The zero-order valence-corrected chi connectivity index (χ0v) is 14.6. The second-order valence-electron chi connectivity index (χ2n) is 6.03. The summed E-state index contributed by atoms with van der Waals surface area (Å²) in [6, 6.07) is 16.7. The van der Waals surface area contributed by atoms with E-state index in [0.717, 1.165) is 11.4 Å². The molecule has 3 aromatic rings. The van der Waals surface area contributed by atoms with Gasteiger partial charge in [0.1, 0.15) is 0 Å². The van der Waals surface area contributed by atoms with Crippen molar-refractivity contribution in [1.29, 1.82) is 5.26 Å². The molecule has 0 saturated heterocycles. The van der Waals surface area contributed by atoms with Gasteiger partial charge < -0.3 is 10.6 Å². The molecular weight excluding hydrogens is 324 g/mol. The van der Waals surface area contributed by atoms with E-state index in [1.165, 1.54) is 17.3 Å². The largest absolute Gasteiger partial charge is 0.354 e. The smallest absolute Gasteiger partial charge is 0.257 e. The Hall–Kier alpha value is -3.65. The lowest BCUT2D eigenvalue weighted by atomic mass is 10.1. The van der Waals surface area contributed by atoms with Gasteiger partial charge in [0.15, 0.2) is 0 Å². The number of rotatable bonds is 4. The fourth-order valence-corrected chi connectivity index (χ4v) is 2.49. The Morgan fingerprint density at radius 1 is 0.962 bits per heavy atom. The van der Waals surface area contributed by atoms with Gasteiger partial charge in [0, 0.05) is 17.6 Å². The molecule has 0 saturated carbocycles. The molecule has 0 aliphatic heterocycles. The number of anilines is 3. The summed E-state index contributed by atoms with van der Waals surface area (Å²) >= 11 is 0. The highest BCUT2D eigenvalue weighted by molar-refractivity contribution is 6.04. The summed E-state index contributed by atoms with van der Waals surface area (Å²) < 4.78 is 0. The maximum absolute atomic E-state index is 12.5. The van der Waals surface area contributed by atoms with Crippen molar-refractivity contribution in [1.82, 2.24) is 4.98 Å². The molecule has 1 amide bonds. The third-order valence-electron chi connectivity index (χ3n) is 4.05. The van der Waals surface area contributed by atoms with Gasteiger partial charge in [-0.15, -0.1) is 0 Å². The highest BCUT2D eigenvalue weighted by Gasteiger charge is 2.08. The molecule has 2 aromatic carbocycles. The molecule has 0 fully saturated rings. The first-order chi connectivity index (χ1) is 12.5. The number of nitrogens with one attached hydrogen (secondary N) is 2. The number of hydrogen-bond donors (Lipinski definition) is 2. The van der Waals surface area contributed by atoms with Crippen molar-refractivity contribution in [3.63, 3.8) is 0 Å². The van der Waals surface area contributed by atoms with E-state index in [-0.39, 0.29) is 5.91 Å². The molecule has 1 aromatic heterocycles. The van der Waals surface area contributed by atoms with E-state index in [1.807, 2.05) is 12.1 Å². The summed E-state index contributed by atoms with van der Waals surface area (Å²) in [6.07, 6.45) is 3.18. The standard InChI is InChI=1S/C21H18N4O/c1-14-6-7-19(8-15(14)2)24-20-10-17(12-23-13-20)21(26)25-18-5-3-4-16(9-18)11-22/h3-10,12-13,24H,1-2H3,(H,25,26). The zero-order valence-electron chi connectivity index (χ0n) is 14.6. The predicted octanol–water partition coefficient (Wildman–Crippen LogP) is 4.57. The Balaban J connectivity index is 1.76. The van der Waals surface area contributed by atoms with Gasteiger partial charge in [-0.25, -0.2) is 0 Å². The van der Waals surface area contributed by atoms with E-state index in [4.69, 9.17) is 5.26 Å². The van der Waals surface area contributed by atoms with Crippen LogP contribution in [0.3, 0.4) is 0 Å². The first-order valence-corrected chi connectivity index (χ1v) is 8.16. The number of benzene rings is 2. The quantitative estimate of drug-likeness (QED) is 0.728. The number of hydrogen-bond acceptors (Lipinski definition) is 4. The van der Waals surface area contributed by atoms with Crippen molar-refractivity contribution in [2.24, 2.45) is 0 Å². The SMILES string of the molecule is Cc1ccc(Nc2cncc(C(=O)Nc3cccc(C#N)c3)c2)cc1C. The number of carbonyl (C=O) groups excluding carboxylic acids is 1. The lowest BCUT2D eigenvalue weighted by molar-refractivity contribution is 0.102. The number of aryl methyl sites for hydroxylation is 2. The molecular formula is C21H18N4O. The lowest BCUT2D eigenvalue weighted by Gasteiger charge is -2.10.